The van der Waals surface area contributed by atoms with Gasteiger partial charge in [0.1, 0.15) is 5.69 Å². The molecule has 1 aliphatic carbocycles. The van der Waals surface area contributed by atoms with Gasteiger partial charge in [-0.05, 0) is 59.9 Å². The lowest BCUT2D eigenvalue weighted by Gasteiger charge is -2.07. The van der Waals surface area contributed by atoms with Gasteiger partial charge in [0.15, 0.2) is 11.5 Å². The molecule has 7 heteroatoms. The zero-order valence-electron chi connectivity index (χ0n) is 17.6. The topological polar surface area (TPSA) is 99.6 Å². The Hall–Kier alpha value is -4.13. The van der Waals surface area contributed by atoms with Crippen LogP contribution in [-0.2, 0) is 12.8 Å². The predicted octanol–water partition coefficient (Wildman–Crippen LogP) is 4.20. The number of hydrogen-bond acceptors (Lipinski definition) is 5. The van der Waals surface area contributed by atoms with Crippen LogP contribution < -0.4 is 10.2 Å². The number of nitrogens with one attached hydrogen (secondary N) is 2. The van der Waals surface area contributed by atoms with E-state index in [4.69, 9.17) is 4.74 Å². The maximum atomic E-state index is 12.5. The Morgan fingerprint density at radius 2 is 2.00 bits per heavy atom. The molecule has 0 fully saturated rings. The fraction of sp³-hybridized carbons (Fsp3) is 0.160. The van der Waals surface area contributed by atoms with Crippen molar-refractivity contribution < 1.29 is 14.6 Å². The Morgan fingerprint density at radius 1 is 1.19 bits per heavy atom. The van der Waals surface area contributed by atoms with Crippen molar-refractivity contribution in [2.75, 3.05) is 6.61 Å². The van der Waals surface area contributed by atoms with Gasteiger partial charge in [-0.2, -0.15) is 10.2 Å². The van der Waals surface area contributed by atoms with Crippen LogP contribution in [-0.4, -0.2) is 34.0 Å². The molecule has 0 spiro atoms. The lowest BCUT2D eigenvalue weighted by atomic mass is 9.98. The number of aromatic amines is 1. The van der Waals surface area contributed by atoms with Crippen molar-refractivity contribution in [2.45, 2.75) is 19.8 Å². The van der Waals surface area contributed by atoms with Crippen LogP contribution in [0.25, 0.3) is 22.0 Å². The van der Waals surface area contributed by atoms with Crippen LogP contribution in [0.15, 0.2) is 59.7 Å². The Labute approximate surface area is 184 Å². The number of H-pyrrole nitrogens is 1. The monoisotopic (exact) mass is 426 g/mol. The fourth-order valence-electron chi connectivity index (χ4n) is 4.18. The highest BCUT2D eigenvalue weighted by Gasteiger charge is 2.18. The highest BCUT2D eigenvalue weighted by molar-refractivity contribution is 6.02. The average Bonchev–Trinajstić information content (AvgIpc) is 3.46. The maximum absolute atomic E-state index is 12.5. The number of carbonyl (C=O) groups excluding carboxylic acids is 1. The number of hydrogen-bond donors (Lipinski definition) is 3. The third-order valence-corrected chi connectivity index (χ3v) is 5.68. The van der Waals surface area contributed by atoms with Crippen molar-refractivity contribution in [3.05, 3.63) is 77.0 Å². The zero-order chi connectivity index (χ0) is 22.1. The number of para-hydroxylation sites is 1. The van der Waals surface area contributed by atoms with Crippen molar-refractivity contribution in [3.8, 4) is 22.8 Å². The number of nitrogens with zero attached hydrogens (tertiary/aromatic N) is 2. The van der Waals surface area contributed by atoms with Gasteiger partial charge in [-0.15, -0.1) is 0 Å². The summed E-state index contributed by atoms with van der Waals surface area (Å²) < 4.78 is 5.36. The standard InChI is InChI=1S/C25H22N4O3/c1-2-32-22-8-4-6-17(24(22)30)14-26-29-25(31)21-13-20(27-28-21)18-12-11-16-10-9-15-5-3-7-19(18)23(15)16/h3-8,11-14,30H,2,9-10H2,1H3,(H,27,28)(H,29,31). The van der Waals surface area contributed by atoms with Gasteiger partial charge in [0.25, 0.3) is 5.91 Å². The summed E-state index contributed by atoms with van der Waals surface area (Å²) >= 11 is 0. The molecule has 0 saturated carbocycles. The number of rotatable bonds is 6. The summed E-state index contributed by atoms with van der Waals surface area (Å²) in [6, 6.07) is 17.4. The minimum atomic E-state index is -0.425. The molecule has 0 radical (unpaired) electrons. The van der Waals surface area contributed by atoms with Crippen molar-refractivity contribution in [2.24, 2.45) is 5.10 Å². The first-order valence-corrected chi connectivity index (χ1v) is 10.5. The summed E-state index contributed by atoms with van der Waals surface area (Å²) in [5.41, 5.74) is 7.62. The summed E-state index contributed by atoms with van der Waals surface area (Å²) in [5.74, 6) is -0.0824. The van der Waals surface area contributed by atoms with Gasteiger partial charge in [0, 0.05) is 11.1 Å². The molecular formula is C25H22N4O3. The molecule has 0 saturated heterocycles. The first-order valence-electron chi connectivity index (χ1n) is 10.5. The number of aromatic hydroxyl groups is 1. The number of aromatic nitrogens is 2. The Balaban J connectivity index is 1.35. The van der Waals surface area contributed by atoms with Gasteiger partial charge in [-0.1, -0.05) is 36.4 Å². The number of phenols is 1. The van der Waals surface area contributed by atoms with Gasteiger partial charge in [-0.3, -0.25) is 9.89 Å². The molecule has 0 atom stereocenters. The molecule has 1 aliphatic rings. The van der Waals surface area contributed by atoms with E-state index in [2.05, 4.69) is 51.1 Å². The number of hydrazone groups is 1. The normalized spacial score (nSPS) is 12.5. The van der Waals surface area contributed by atoms with Crippen LogP contribution in [0.3, 0.4) is 0 Å². The van der Waals surface area contributed by atoms with E-state index in [0.717, 1.165) is 23.8 Å². The quantitative estimate of drug-likeness (QED) is 0.318. The van der Waals surface area contributed by atoms with E-state index in [1.165, 1.54) is 22.7 Å². The Morgan fingerprint density at radius 3 is 2.84 bits per heavy atom. The second kappa shape index (κ2) is 8.19. The Kier molecular flexibility index (Phi) is 5.07. The van der Waals surface area contributed by atoms with Gasteiger partial charge >= 0.3 is 0 Å². The molecular weight excluding hydrogens is 404 g/mol. The van der Waals surface area contributed by atoms with Crippen LogP contribution in [0, 0.1) is 0 Å². The third kappa shape index (κ3) is 3.47. The number of aryl methyl sites for hydroxylation is 2. The van der Waals surface area contributed by atoms with E-state index in [9.17, 15) is 9.90 Å². The van der Waals surface area contributed by atoms with Gasteiger partial charge in [0.2, 0.25) is 0 Å². The number of amides is 1. The molecule has 0 unspecified atom stereocenters. The minimum Gasteiger partial charge on any atom is -0.504 e. The smallest absolute Gasteiger partial charge is 0.289 e. The van der Waals surface area contributed by atoms with Crippen LogP contribution >= 0.6 is 0 Å². The number of carbonyl (C=O) groups is 1. The molecule has 1 heterocycles. The van der Waals surface area contributed by atoms with Crippen molar-refractivity contribution >= 4 is 22.9 Å². The predicted molar refractivity (Wildman–Crippen MR) is 123 cm³/mol. The van der Waals surface area contributed by atoms with E-state index in [-0.39, 0.29) is 5.75 Å². The highest BCUT2D eigenvalue weighted by atomic mass is 16.5. The minimum absolute atomic E-state index is 0.0248. The molecule has 1 amide bonds. The molecule has 32 heavy (non-hydrogen) atoms. The number of benzene rings is 3. The van der Waals surface area contributed by atoms with E-state index in [0.29, 0.717) is 29.3 Å². The highest BCUT2D eigenvalue weighted by Crippen LogP contribution is 2.36. The molecule has 3 N–H and O–H groups in total. The Bertz CT molecular complexity index is 1350. The van der Waals surface area contributed by atoms with Crippen LogP contribution in [0.2, 0.25) is 0 Å². The molecule has 5 rings (SSSR count). The van der Waals surface area contributed by atoms with Gasteiger partial charge < -0.3 is 9.84 Å². The van der Waals surface area contributed by atoms with Crippen LogP contribution in [0.4, 0.5) is 0 Å². The van der Waals surface area contributed by atoms with E-state index < -0.39 is 5.91 Å². The lowest BCUT2D eigenvalue weighted by molar-refractivity contribution is 0.0950. The molecule has 0 aliphatic heterocycles. The zero-order valence-corrected chi connectivity index (χ0v) is 17.6. The summed E-state index contributed by atoms with van der Waals surface area (Å²) in [7, 11) is 0. The summed E-state index contributed by atoms with van der Waals surface area (Å²) in [6.07, 6.45) is 3.49. The largest absolute Gasteiger partial charge is 0.504 e. The second-order valence-electron chi connectivity index (χ2n) is 7.60. The molecule has 4 aromatic rings. The first kappa shape index (κ1) is 19.8. The number of ether oxygens (including phenoxy) is 1. The third-order valence-electron chi connectivity index (χ3n) is 5.68. The maximum Gasteiger partial charge on any atom is 0.289 e. The second-order valence-corrected chi connectivity index (χ2v) is 7.60. The van der Waals surface area contributed by atoms with Crippen molar-refractivity contribution in [1.29, 1.82) is 0 Å². The van der Waals surface area contributed by atoms with Gasteiger partial charge in [0.05, 0.1) is 18.5 Å². The molecule has 0 bridgehead atoms. The molecule has 1 aromatic heterocycles. The lowest BCUT2D eigenvalue weighted by Crippen LogP contribution is -2.18. The van der Waals surface area contributed by atoms with Crippen LogP contribution in [0.5, 0.6) is 11.5 Å². The van der Waals surface area contributed by atoms with E-state index in [1.807, 2.05) is 6.92 Å². The van der Waals surface area contributed by atoms with Crippen molar-refractivity contribution in [1.82, 2.24) is 15.6 Å². The first-order chi connectivity index (χ1) is 15.7. The van der Waals surface area contributed by atoms with Crippen molar-refractivity contribution in [3.63, 3.8) is 0 Å². The molecule has 3 aromatic carbocycles. The molecule has 7 nitrogen and oxygen atoms in total. The summed E-state index contributed by atoms with van der Waals surface area (Å²) in [5, 5.41) is 23.8. The SMILES string of the molecule is CCOc1cccc(C=NNC(=O)c2cc(-c3ccc4c5c(cccc35)CC4)n[nH]2)c1O. The van der Waals surface area contributed by atoms with E-state index in [1.54, 1.807) is 24.3 Å². The summed E-state index contributed by atoms with van der Waals surface area (Å²) in [4.78, 5) is 12.5. The number of phenolic OH excluding ortho intramolecular Hbond substituents is 1. The average molecular weight is 426 g/mol. The van der Waals surface area contributed by atoms with Crippen LogP contribution in [0.1, 0.15) is 34.1 Å². The summed E-state index contributed by atoms with van der Waals surface area (Å²) in [6.45, 7) is 2.27. The molecule has 160 valence electrons. The van der Waals surface area contributed by atoms with Gasteiger partial charge in [-0.25, -0.2) is 5.43 Å². The fourth-order valence-corrected chi connectivity index (χ4v) is 4.18. The van der Waals surface area contributed by atoms with E-state index >= 15 is 0 Å².